The lowest BCUT2D eigenvalue weighted by Gasteiger charge is -2.20. The number of hydrogen-bond acceptors (Lipinski definition) is 3. The Labute approximate surface area is 126 Å². The molecule has 0 aliphatic heterocycles. The third-order valence-corrected chi connectivity index (χ3v) is 3.74. The first kappa shape index (κ1) is 15.4. The van der Waals surface area contributed by atoms with Crippen LogP contribution in [0.2, 0.25) is 0 Å². The SMILES string of the molecule is COc1ccc(OC)c(C(O)c2c(C)cc(C)cc2C)c1. The standard InChI is InChI=1S/C18H22O3/c1-11-8-12(2)17(13(3)9-11)18(19)15-10-14(20-4)6-7-16(15)21-5/h6-10,18-19H,1-5H3. The Hall–Kier alpha value is -2.00. The fourth-order valence-electron chi connectivity index (χ4n) is 2.83. The van der Waals surface area contributed by atoms with Gasteiger partial charge in [-0.05, 0) is 55.7 Å². The van der Waals surface area contributed by atoms with Crippen LogP contribution < -0.4 is 9.47 Å². The van der Waals surface area contributed by atoms with Gasteiger partial charge in [-0.1, -0.05) is 17.7 Å². The van der Waals surface area contributed by atoms with Crippen molar-refractivity contribution in [2.75, 3.05) is 14.2 Å². The van der Waals surface area contributed by atoms with Crippen molar-refractivity contribution in [1.82, 2.24) is 0 Å². The van der Waals surface area contributed by atoms with Crippen LogP contribution in [0.4, 0.5) is 0 Å². The molecule has 1 atom stereocenters. The van der Waals surface area contributed by atoms with Crippen molar-refractivity contribution in [2.24, 2.45) is 0 Å². The molecule has 112 valence electrons. The lowest BCUT2D eigenvalue weighted by atomic mass is 9.91. The number of aryl methyl sites for hydroxylation is 3. The Morgan fingerprint density at radius 1 is 0.905 bits per heavy atom. The molecule has 0 saturated heterocycles. The van der Waals surface area contributed by atoms with Gasteiger partial charge in [0.15, 0.2) is 0 Å². The smallest absolute Gasteiger partial charge is 0.125 e. The van der Waals surface area contributed by atoms with Gasteiger partial charge < -0.3 is 14.6 Å². The molecule has 3 heteroatoms. The van der Waals surface area contributed by atoms with Crippen LogP contribution in [0.3, 0.4) is 0 Å². The molecule has 0 radical (unpaired) electrons. The third kappa shape index (κ3) is 3.03. The van der Waals surface area contributed by atoms with Crippen molar-refractivity contribution in [3.63, 3.8) is 0 Å². The van der Waals surface area contributed by atoms with Gasteiger partial charge in [-0.15, -0.1) is 0 Å². The van der Waals surface area contributed by atoms with E-state index in [0.29, 0.717) is 17.1 Å². The summed E-state index contributed by atoms with van der Waals surface area (Å²) in [4.78, 5) is 0. The first-order valence-electron chi connectivity index (χ1n) is 6.95. The maximum atomic E-state index is 10.8. The molecular weight excluding hydrogens is 264 g/mol. The number of ether oxygens (including phenoxy) is 2. The summed E-state index contributed by atoms with van der Waals surface area (Å²) >= 11 is 0. The molecule has 1 N–H and O–H groups in total. The molecule has 1 unspecified atom stereocenters. The second-order valence-electron chi connectivity index (χ2n) is 5.32. The summed E-state index contributed by atoms with van der Waals surface area (Å²) in [7, 11) is 3.22. The van der Waals surface area contributed by atoms with Gasteiger partial charge in [0, 0.05) is 5.56 Å². The summed E-state index contributed by atoms with van der Waals surface area (Å²) in [6.45, 7) is 6.10. The van der Waals surface area contributed by atoms with E-state index < -0.39 is 6.10 Å². The van der Waals surface area contributed by atoms with Gasteiger partial charge in [-0.3, -0.25) is 0 Å². The third-order valence-electron chi connectivity index (χ3n) is 3.74. The molecular formula is C18H22O3. The lowest BCUT2D eigenvalue weighted by molar-refractivity contribution is 0.212. The van der Waals surface area contributed by atoms with Crippen LogP contribution in [0.5, 0.6) is 11.5 Å². The van der Waals surface area contributed by atoms with Gasteiger partial charge in [-0.2, -0.15) is 0 Å². The Balaban J connectivity index is 2.56. The molecule has 2 aromatic rings. The number of hydrogen-bond donors (Lipinski definition) is 1. The topological polar surface area (TPSA) is 38.7 Å². The highest BCUT2D eigenvalue weighted by Gasteiger charge is 2.20. The van der Waals surface area contributed by atoms with E-state index in [9.17, 15) is 5.11 Å². The predicted molar refractivity (Wildman–Crippen MR) is 84.3 cm³/mol. The fourth-order valence-corrected chi connectivity index (χ4v) is 2.83. The van der Waals surface area contributed by atoms with Crippen molar-refractivity contribution in [3.05, 3.63) is 58.1 Å². The highest BCUT2D eigenvalue weighted by molar-refractivity contribution is 5.49. The van der Waals surface area contributed by atoms with Crippen LogP contribution in [0, 0.1) is 20.8 Å². The number of benzene rings is 2. The van der Waals surface area contributed by atoms with Crippen LogP contribution in [0.25, 0.3) is 0 Å². The van der Waals surface area contributed by atoms with Crippen LogP contribution in [0.1, 0.15) is 33.9 Å². The summed E-state index contributed by atoms with van der Waals surface area (Å²) in [5, 5.41) is 10.8. The van der Waals surface area contributed by atoms with Crippen LogP contribution >= 0.6 is 0 Å². The number of aliphatic hydroxyl groups excluding tert-OH is 1. The molecule has 0 amide bonds. The van der Waals surface area contributed by atoms with E-state index in [1.807, 2.05) is 32.0 Å². The number of methoxy groups -OCH3 is 2. The Bertz CT molecular complexity index is 624. The molecule has 0 saturated carbocycles. The lowest BCUT2D eigenvalue weighted by Crippen LogP contribution is -2.07. The van der Waals surface area contributed by atoms with Gasteiger partial charge in [0.1, 0.15) is 17.6 Å². The zero-order valence-electron chi connectivity index (χ0n) is 13.2. The summed E-state index contributed by atoms with van der Waals surface area (Å²) in [6, 6.07) is 9.62. The van der Waals surface area contributed by atoms with Crippen molar-refractivity contribution in [1.29, 1.82) is 0 Å². The number of aliphatic hydroxyl groups is 1. The van der Waals surface area contributed by atoms with Crippen LogP contribution in [-0.2, 0) is 0 Å². The van der Waals surface area contributed by atoms with Gasteiger partial charge in [0.25, 0.3) is 0 Å². The molecule has 21 heavy (non-hydrogen) atoms. The molecule has 0 aliphatic rings. The molecule has 0 heterocycles. The van der Waals surface area contributed by atoms with Gasteiger partial charge in [0.2, 0.25) is 0 Å². The first-order chi connectivity index (χ1) is 9.97. The zero-order chi connectivity index (χ0) is 15.6. The zero-order valence-corrected chi connectivity index (χ0v) is 13.2. The minimum Gasteiger partial charge on any atom is -0.497 e. The fraction of sp³-hybridized carbons (Fsp3) is 0.333. The van der Waals surface area contributed by atoms with E-state index in [0.717, 1.165) is 16.7 Å². The minimum absolute atomic E-state index is 0.655. The Kier molecular flexibility index (Phi) is 4.53. The van der Waals surface area contributed by atoms with E-state index >= 15 is 0 Å². The molecule has 0 spiro atoms. The quantitative estimate of drug-likeness (QED) is 0.931. The van der Waals surface area contributed by atoms with E-state index in [1.165, 1.54) is 5.56 Å². The molecule has 2 aromatic carbocycles. The first-order valence-corrected chi connectivity index (χ1v) is 6.95. The van der Waals surface area contributed by atoms with Gasteiger partial charge in [-0.25, -0.2) is 0 Å². The highest BCUT2D eigenvalue weighted by atomic mass is 16.5. The molecule has 0 aromatic heterocycles. The molecule has 2 rings (SSSR count). The normalized spacial score (nSPS) is 12.1. The Morgan fingerprint density at radius 2 is 1.52 bits per heavy atom. The van der Waals surface area contributed by atoms with Crippen molar-refractivity contribution in [2.45, 2.75) is 26.9 Å². The average Bonchev–Trinajstić information content (AvgIpc) is 2.45. The van der Waals surface area contributed by atoms with Crippen LogP contribution in [0.15, 0.2) is 30.3 Å². The second-order valence-corrected chi connectivity index (χ2v) is 5.32. The number of rotatable bonds is 4. The molecule has 0 fully saturated rings. The van der Waals surface area contributed by atoms with Gasteiger partial charge in [0.05, 0.1) is 14.2 Å². The van der Waals surface area contributed by atoms with Crippen molar-refractivity contribution < 1.29 is 14.6 Å². The van der Waals surface area contributed by atoms with Crippen molar-refractivity contribution >= 4 is 0 Å². The van der Waals surface area contributed by atoms with E-state index in [4.69, 9.17) is 9.47 Å². The summed E-state index contributed by atoms with van der Waals surface area (Å²) < 4.78 is 10.6. The Morgan fingerprint density at radius 3 is 2.05 bits per heavy atom. The van der Waals surface area contributed by atoms with Crippen LogP contribution in [-0.4, -0.2) is 19.3 Å². The summed E-state index contributed by atoms with van der Waals surface area (Å²) in [5.41, 5.74) is 4.98. The average molecular weight is 286 g/mol. The summed E-state index contributed by atoms with van der Waals surface area (Å²) in [6.07, 6.45) is -0.740. The summed E-state index contributed by atoms with van der Waals surface area (Å²) in [5.74, 6) is 1.36. The maximum Gasteiger partial charge on any atom is 0.125 e. The second kappa shape index (κ2) is 6.19. The molecule has 3 nitrogen and oxygen atoms in total. The van der Waals surface area contributed by atoms with E-state index in [-0.39, 0.29) is 0 Å². The van der Waals surface area contributed by atoms with Gasteiger partial charge >= 0.3 is 0 Å². The minimum atomic E-state index is -0.740. The van der Waals surface area contributed by atoms with E-state index in [2.05, 4.69) is 19.1 Å². The maximum absolute atomic E-state index is 10.8. The highest BCUT2D eigenvalue weighted by Crippen LogP contribution is 2.35. The van der Waals surface area contributed by atoms with E-state index in [1.54, 1.807) is 14.2 Å². The molecule has 0 bridgehead atoms. The monoisotopic (exact) mass is 286 g/mol. The largest absolute Gasteiger partial charge is 0.497 e. The predicted octanol–water partition coefficient (Wildman–Crippen LogP) is 3.71. The molecule has 0 aliphatic carbocycles. The van der Waals surface area contributed by atoms with Crippen molar-refractivity contribution in [3.8, 4) is 11.5 Å².